The highest BCUT2D eigenvalue weighted by Crippen LogP contribution is 2.31. The van der Waals surface area contributed by atoms with Crippen LogP contribution in [0, 0.1) is 5.92 Å². The van der Waals surface area contributed by atoms with Crippen molar-refractivity contribution in [1.29, 1.82) is 0 Å². The maximum atomic E-state index is 6.12. The first-order valence-electron chi connectivity index (χ1n) is 6.75. The minimum Gasteiger partial charge on any atom is -0.382 e. The molecule has 1 aromatic rings. The maximum Gasteiger partial charge on any atom is 0.150 e. The van der Waals surface area contributed by atoms with Crippen LogP contribution in [-0.4, -0.2) is 16.0 Å². The summed E-state index contributed by atoms with van der Waals surface area (Å²) in [4.78, 5) is 8.07. The van der Waals surface area contributed by atoms with Crippen molar-refractivity contribution < 1.29 is 0 Å². The third-order valence-corrected chi connectivity index (χ3v) is 4.17. The number of nitrogens with zero attached hydrogens (tertiary/aromatic N) is 2. The fourth-order valence-electron chi connectivity index (χ4n) is 2.75. The molecule has 1 atom stereocenters. The molecule has 1 fully saturated rings. The molecule has 3 N–H and O–H groups in total. The molecule has 1 unspecified atom stereocenters. The first-order chi connectivity index (χ1) is 8.72. The number of hydrogen-bond acceptors (Lipinski definition) is 4. The van der Waals surface area contributed by atoms with Gasteiger partial charge in [0.05, 0.1) is 0 Å². The van der Waals surface area contributed by atoms with Crippen molar-refractivity contribution in [1.82, 2.24) is 9.97 Å². The van der Waals surface area contributed by atoms with Crippen molar-refractivity contribution in [3.05, 3.63) is 11.3 Å². The summed E-state index contributed by atoms with van der Waals surface area (Å²) in [6, 6.07) is 0.428. The molecule has 100 valence electrons. The quantitative estimate of drug-likeness (QED) is 0.877. The third-order valence-electron chi connectivity index (χ3n) is 3.80. The van der Waals surface area contributed by atoms with Crippen molar-refractivity contribution >= 4 is 23.2 Å². The molecule has 0 aliphatic heterocycles. The van der Waals surface area contributed by atoms with Gasteiger partial charge in [-0.25, -0.2) is 9.97 Å². The Bertz CT molecular complexity index is 391. The van der Waals surface area contributed by atoms with E-state index in [2.05, 4.69) is 22.2 Å². The second kappa shape index (κ2) is 6.23. The third kappa shape index (κ3) is 3.05. The molecule has 4 nitrogen and oxygen atoms in total. The lowest BCUT2D eigenvalue weighted by molar-refractivity contribution is 0.312. The topological polar surface area (TPSA) is 63.8 Å². The SMILES string of the molecule is CCC(Nc1ncnc(N)c1Cl)C1CCCCC1. The van der Waals surface area contributed by atoms with Crippen LogP contribution in [-0.2, 0) is 0 Å². The average molecular weight is 269 g/mol. The van der Waals surface area contributed by atoms with Crippen LogP contribution >= 0.6 is 11.6 Å². The zero-order chi connectivity index (χ0) is 13.0. The van der Waals surface area contributed by atoms with Gasteiger partial charge in [0.15, 0.2) is 5.82 Å². The molecule has 0 radical (unpaired) electrons. The van der Waals surface area contributed by atoms with Gasteiger partial charge >= 0.3 is 0 Å². The van der Waals surface area contributed by atoms with Gasteiger partial charge in [-0.1, -0.05) is 37.8 Å². The van der Waals surface area contributed by atoms with Gasteiger partial charge in [0.1, 0.15) is 17.2 Å². The molecular weight excluding hydrogens is 248 g/mol. The number of aromatic nitrogens is 2. The highest BCUT2D eigenvalue weighted by atomic mass is 35.5. The van der Waals surface area contributed by atoms with Crippen molar-refractivity contribution in [3.8, 4) is 0 Å². The highest BCUT2D eigenvalue weighted by molar-refractivity contribution is 6.35. The normalized spacial score (nSPS) is 18.6. The largest absolute Gasteiger partial charge is 0.382 e. The van der Waals surface area contributed by atoms with Crippen LogP contribution < -0.4 is 11.1 Å². The maximum absolute atomic E-state index is 6.12. The number of rotatable bonds is 4. The Morgan fingerprint density at radius 2 is 2.11 bits per heavy atom. The summed E-state index contributed by atoms with van der Waals surface area (Å²) < 4.78 is 0. The van der Waals surface area contributed by atoms with E-state index >= 15 is 0 Å². The lowest BCUT2D eigenvalue weighted by Gasteiger charge is -2.30. The Balaban J connectivity index is 2.07. The van der Waals surface area contributed by atoms with Gasteiger partial charge in [-0.2, -0.15) is 0 Å². The lowest BCUT2D eigenvalue weighted by atomic mass is 9.83. The Hall–Kier alpha value is -1.03. The van der Waals surface area contributed by atoms with Crippen molar-refractivity contribution in [2.75, 3.05) is 11.1 Å². The summed E-state index contributed by atoms with van der Waals surface area (Å²) in [5.74, 6) is 1.73. The van der Waals surface area contributed by atoms with Gasteiger partial charge < -0.3 is 11.1 Å². The minimum absolute atomic E-state index is 0.340. The zero-order valence-electron chi connectivity index (χ0n) is 10.8. The van der Waals surface area contributed by atoms with Crippen molar-refractivity contribution in [2.24, 2.45) is 5.92 Å². The molecule has 1 aromatic heterocycles. The number of halogens is 1. The van der Waals surface area contributed by atoms with Gasteiger partial charge in [0, 0.05) is 6.04 Å². The molecule has 0 aromatic carbocycles. The molecule has 0 bridgehead atoms. The van der Waals surface area contributed by atoms with Gasteiger partial charge in [-0.3, -0.25) is 0 Å². The number of nitrogen functional groups attached to an aromatic ring is 1. The molecule has 1 aliphatic rings. The molecule has 0 spiro atoms. The fourth-order valence-corrected chi connectivity index (χ4v) is 2.90. The van der Waals surface area contributed by atoms with Crippen LogP contribution in [0.25, 0.3) is 0 Å². The van der Waals surface area contributed by atoms with Gasteiger partial charge in [-0.15, -0.1) is 0 Å². The summed E-state index contributed by atoms with van der Waals surface area (Å²) in [5, 5.41) is 3.88. The Labute approximate surface area is 113 Å². The van der Waals surface area contributed by atoms with E-state index < -0.39 is 0 Å². The minimum atomic E-state index is 0.340. The van der Waals surface area contributed by atoms with E-state index in [1.807, 2.05) is 0 Å². The Morgan fingerprint density at radius 1 is 1.39 bits per heavy atom. The monoisotopic (exact) mass is 268 g/mol. The predicted molar refractivity (Wildman–Crippen MR) is 75.7 cm³/mol. The summed E-state index contributed by atoms with van der Waals surface area (Å²) in [5.41, 5.74) is 5.69. The molecule has 1 saturated carbocycles. The second-order valence-corrected chi connectivity index (χ2v) is 5.36. The fraction of sp³-hybridized carbons (Fsp3) is 0.692. The summed E-state index contributed by atoms with van der Waals surface area (Å²) in [6.07, 6.45) is 9.16. The Kier molecular flexibility index (Phi) is 4.64. The summed E-state index contributed by atoms with van der Waals surface area (Å²) >= 11 is 6.12. The van der Waals surface area contributed by atoms with E-state index in [0.717, 1.165) is 12.3 Å². The second-order valence-electron chi connectivity index (χ2n) is 4.98. The molecule has 0 amide bonds. The van der Waals surface area contributed by atoms with Crippen molar-refractivity contribution in [3.63, 3.8) is 0 Å². The van der Waals surface area contributed by atoms with Crippen LogP contribution in [0.15, 0.2) is 6.33 Å². The van der Waals surface area contributed by atoms with E-state index in [1.54, 1.807) is 0 Å². The Morgan fingerprint density at radius 3 is 2.78 bits per heavy atom. The number of nitrogens with one attached hydrogen (secondary N) is 1. The standard InChI is InChI=1S/C13H21ClN4/c1-2-10(9-6-4-3-5-7-9)18-13-11(14)12(15)16-8-17-13/h8-10H,2-7H2,1H3,(H3,15,16,17,18). The van der Waals surface area contributed by atoms with E-state index in [0.29, 0.717) is 22.7 Å². The summed E-state index contributed by atoms with van der Waals surface area (Å²) in [7, 11) is 0. The first-order valence-corrected chi connectivity index (χ1v) is 7.12. The highest BCUT2D eigenvalue weighted by Gasteiger charge is 2.23. The van der Waals surface area contributed by atoms with Gasteiger partial charge in [0.25, 0.3) is 0 Å². The average Bonchev–Trinajstić information content (AvgIpc) is 2.41. The van der Waals surface area contributed by atoms with Gasteiger partial charge in [0.2, 0.25) is 0 Å². The molecule has 0 saturated heterocycles. The molecule has 1 aliphatic carbocycles. The number of anilines is 2. The smallest absolute Gasteiger partial charge is 0.150 e. The lowest BCUT2D eigenvalue weighted by Crippen LogP contribution is -2.30. The van der Waals surface area contributed by atoms with Crippen LogP contribution in [0.2, 0.25) is 5.02 Å². The predicted octanol–water partition coefficient (Wildman–Crippen LogP) is 3.48. The van der Waals surface area contributed by atoms with E-state index in [1.165, 1.54) is 38.4 Å². The van der Waals surface area contributed by atoms with Crippen LogP contribution in [0.1, 0.15) is 45.4 Å². The van der Waals surface area contributed by atoms with Gasteiger partial charge in [-0.05, 0) is 25.2 Å². The van der Waals surface area contributed by atoms with E-state index in [4.69, 9.17) is 17.3 Å². The molecule has 18 heavy (non-hydrogen) atoms. The molecule has 1 heterocycles. The number of hydrogen-bond donors (Lipinski definition) is 2. The molecular formula is C13H21ClN4. The molecule has 2 rings (SSSR count). The van der Waals surface area contributed by atoms with Crippen LogP contribution in [0.5, 0.6) is 0 Å². The van der Waals surface area contributed by atoms with Crippen molar-refractivity contribution in [2.45, 2.75) is 51.5 Å². The van der Waals surface area contributed by atoms with E-state index in [-0.39, 0.29) is 0 Å². The number of nitrogens with two attached hydrogens (primary N) is 1. The zero-order valence-corrected chi connectivity index (χ0v) is 11.6. The molecule has 5 heteroatoms. The summed E-state index contributed by atoms with van der Waals surface area (Å²) in [6.45, 7) is 2.20. The van der Waals surface area contributed by atoms with Crippen LogP contribution in [0.4, 0.5) is 11.6 Å². The van der Waals surface area contributed by atoms with Crippen LogP contribution in [0.3, 0.4) is 0 Å². The van der Waals surface area contributed by atoms with E-state index in [9.17, 15) is 0 Å². The first kappa shape index (κ1) is 13.4.